The minimum Gasteiger partial charge on any atom is -0.338 e. The Morgan fingerprint density at radius 2 is 1.96 bits per heavy atom. The number of thiophene rings is 1. The third-order valence-corrected chi connectivity index (χ3v) is 7.35. The molecule has 1 aromatic heterocycles. The maximum absolute atomic E-state index is 12.3. The van der Waals surface area contributed by atoms with Crippen LogP contribution in [0.4, 0.5) is 0 Å². The molecule has 1 aliphatic rings. The highest BCUT2D eigenvalue weighted by molar-refractivity contribution is 7.91. The Balaban J connectivity index is 1.66. The average Bonchev–Trinajstić information content (AvgIpc) is 3.19. The van der Waals surface area contributed by atoms with Crippen molar-refractivity contribution >= 4 is 44.8 Å². The summed E-state index contributed by atoms with van der Waals surface area (Å²) in [5.41, 5.74) is 1.08. The zero-order chi connectivity index (χ0) is 18.0. The molecule has 1 atom stereocenters. The Morgan fingerprint density at radius 3 is 2.60 bits per heavy atom. The zero-order valence-electron chi connectivity index (χ0n) is 13.7. The molecule has 1 aliphatic heterocycles. The van der Waals surface area contributed by atoms with Crippen LogP contribution in [0.3, 0.4) is 0 Å². The standard InChI is InChI=1S/C18H18ClNO3S2/c1-20(15-10-11-25(22,23)12-15)18(21)9-7-16-6-8-17(24-16)13-2-4-14(19)5-3-13/h2-9,15H,10-12H2,1H3/b9-7+/t15-/m1/s1. The van der Waals surface area contributed by atoms with E-state index in [9.17, 15) is 13.2 Å². The number of carbonyl (C=O) groups excluding carboxylic acids is 1. The minimum absolute atomic E-state index is 0.0583. The summed E-state index contributed by atoms with van der Waals surface area (Å²) in [6.07, 6.45) is 3.78. The minimum atomic E-state index is -3.00. The van der Waals surface area contributed by atoms with Crippen molar-refractivity contribution in [2.45, 2.75) is 12.5 Å². The van der Waals surface area contributed by atoms with Gasteiger partial charge in [-0.2, -0.15) is 0 Å². The van der Waals surface area contributed by atoms with E-state index in [-0.39, 0.29) is 23.5 Å². The topological polar surface area (TPSA) is 54.5 Å². The van der Waals surface area contributed by atoms with Gasteiger partial charge in [0.2, 0.25) is 5.91 Å². The molecule has 0 radical (unpaired) electrons. The molecule has 3 rings (SSSR count). The maximum Gasteiger partial charge on any atom is 0.246 e. The fraction of sp³-hybridized carbons (Fsp3) is 0.278. The third-order valence-electron chi connectivity index (χ3n) is 4.25. The van der Waals surface area contributed by atoms with Crippen molar-refractivity contribution in [2.75, 3.05) is 18.6 Å². The molecule has 1 saturated heterocycles. The molecule has 0 saturated carbocycles. The highest BCUT2D eigenvalue weighted by Gasteiger charge is 2.32. The summed E-state index contributed by atoms with van der Waals surface area (Å²) < 4.78 is 23.1. The smallest absolute Gasteiger partial charge is 0.246 e. The van der Waals surface area contributed by atoms with Gasteiger partial charge >= 0.3 is 0 Å². The first-order valence-electron chi connectivity index (χ1n) is 7.85. The van der Waals surface area contributed by atoms with Crippen LogP contribution < -0.4 is 0 Å². The number of nitrogens with zero attached hydrogens (tertiary/aromatic N) is 1. The molecule has 1 amide bonds. The number of sulfone groups is 1. The van der Waals surface area contributed by atoms with Gasteiger partial charge in [0, 0.05) is 33.9 Å². The van der Waals surface area contributed by atoms with E-state index in [2.05, 4.69) is 0 Å². The highest BCUT2D eigenvalue weighted by Crippen LogP contribution is 2.29. The van der Waals surface area contributed by atoms with Crippen LogP contribution in [-0.2, 0) is 14.6 Å². The van der Waals surface area contributed by atoms with Crippen LogP contribution in [-0.4, -0.2) is 43.8 Å². The molecule has 4 nitrogen and oxygen atoms in total. The van der Waals surface area contributed by atoms with Crippen molar-refractivity contribution in [1.82, 2.24) is 4.90 Å². The van der Waals surface area contributed by atoms with E-state index < -0.39 is 9.84 Å². The number of amides is 1. The summed E-state index contributed by atoms with van der Waals surface area (Å²) in [4.78, 5) is 15.8. The fourth-order valence-electron chi connectivity index (χ4n) is 2.74. The Kier molecular flexibility index (Phi) is 5.32. The van der Waals surface area contributed by atoms with Gasteiger partial charge in [0.15, 0.2) is 9.84 Å². The van der Waals surface area contributed by atoms with Crippen LogP contribution in [0.1, 0.15) is 11.3 Å². The van der Waals surface area contributed by atoms with Crippen LogP contribution in [0.25, 0.3) is 16.5 Å². The second-order valence-electron chi connectivity index (χ2n) is 6.05. The summed E-state index contributed by atoms with van der Waals surface area (Å²) in [6.45, 7) is 0. The van der Waals surface area contributed by atoms with Crippen molar-refractivity contribution < 1.29 is 13.2 Å². The lowest BCUT2D eigenvalue weighted by atomic mass is 10.2. The van der Waals surface area contributed by atoms with Gasteiger partial charge in [-0.15, -0.1) is 11.3 Å². The number of halogens is 1. The summed E-state index contributed by atoms with van der Waals surface area (Å²) in [5.74, 6) is 0.0421. The highest BCUT2D eigenvalue weighted by atomic mass is 35.5. The van der Waals surface area contributed by atoms with Crippen molar-refractivity contribution in [3.8, 4) is 10.4 Å². The van der Waals surface area contributed by atoms with Gasteiger partial charge in [0.05, 0.1) is 11.5 Å². The lowest BCUT2D eigenvalue weighted by Crippen LogP contribution is -2.36. The molecule has 0 spiro atoms. The molecule has 0 aliphatic carbocycles. The summed E-state index contributed by atoms with van der Waals surface area (Å²) in [5, 5.41) is 0.697. The Bertz CT molecular complexity index is 901. The molecular weight excluding hydrogens is 378 g/mol. The molecular formula is C18H18ClNO3S2. The Labute approximate surface area is 156 Å². The predicted octanol–water partition coefficient (Wildman–Crippen LogP) is 3.73. The average molecular weight is 396 g/mol. The molecule has 132 valence electrons. The molecule has 1 aromatic carbocycles. The third kappa shape index (κ3) is 4.51. The van der Waals surface area contributed by atoms with Crippen LogP contribution in [0.15, 0.2) is 42.5 Å². The Hall–Kier alpha value is -1.63. The normalized spacial score (nSPS) is 19.4. The van der Waals surface area contributed by atoms with Gasteiger partial charge in [-0.25, -0.2) is 8.42 Å². The van der Waals surface area contributed by atoms with E-state index in [0.717, 1.165) is 15.3 Å². The van der Waals surface area contributed by atoms with Crippen LogP contribution in [0.2, 0.25) is 5.02 Å². The monoisotopic (exact) mass is 395 g/mol. The Morgan fingerprint density at radius 1 is 1.24 bits per heavy atom. The van der Waals surface area contributed by atoms with Crippen molar-refractivity contribution in [3.05, 3.63) is 52.4 Å². The van der Waals surface area contributed by atoms with Gasteiger partial charge in [-0.3, -0.25) is 4.79 Å². The first-order valence-corrected chi connectivity index (χ1v) is 10.9. The second kappa shape index (κ2) is 7.32. The van der Waals surface area contributed by atoms with Crippen LogP contribution in [0.5, 0.6) is 0 Å². The number of hydrogen-bond donors (Lipinski definition) is 0. The molecule has 7 heteroatoms. The van der Waals surface area contributed by atoms with E-state index >= 15 is 0 Å². The van der Waals surface area contributed by atoms with E-state index in [1.54, 1.807) is 24.5 Å². The van der Waals surface area contributed by atoms with Gasteiger partial charge in [0.1, 0.15) is 0 Å². The van der Waals surface area contributed by atoms with Gasteiger partial charge < -0.3 is 4.90 Å². The van der Waals surface area contributed by atoms with E-state index in [4.69, 9.17) is 11.6 Å². The summed E-state index contributed by atoms with van der Waals surface area (Å²) >= 11 is 7.48. The first-order chi connectivity index (χ1) is 11.8. The zero-order valence-corrected chi connectivity index (χ0v) is 16.1. The van der Waals surface area contributed by atoms with Crippen molar-refractivity contribution in [2.24, 2.45) is 0 Å². The number of carbonyl (C=O) groups is 1. The quantitative estimate of drug-likeness (QED) is 0.741. The van der Waals surface area contributed by atoms with Gasteiger partial charge in [-0.05, 0) is 42.3 Å². The van der Waals surface area contributed by atoms with Gasteiger partial charge in [-0.1, -0.05) is 23.7 Å². The lowest BCUT2D eigenvalue weighted by Gasteiger charge is -2.21. The first kappa shape index (κ1) is 18.2. The largest absolute Gasteiger partial charge is 0.338 e. The summed E-state index contributed by atoms with van der Waals surface area (Å²) in [6, 6.07) is 11.3. The van der Waals surface area contributed by atoms with Crippen molar-refractivity contribution in [3.63, 3.8) is 0 Å². The molecule has 0 N–H and O–H groups in total. The predicted molar refractivity (Wildman–Crippen MR) is 104 cm³/mol. The SMILES string of the molecule is CN(C(=O)/C=C/c1ccc(-c2ccc(Cl)cc2)s1)[C@@H]1CCS(=O)(=O)C1. The molecule has 0 unspecified atom stereocenters. The van der Waals surface area contributed by atoms with Crippen molar-refractivity contribution in [1.29, 1.82) is 0 Å². The molecule has 2 heterocycles. The van der Waals surface area contributed by atoms with Crippen LogP contribution >= 0.6 is 22.9 Å². The maximum atomic E-state index is 12.3. The number of rotatable bonds is 4. The van der Waals surface area contributed by atoms with Crippen LogP contribution in [0, 0.1) is 0 Å². The number of likely N-dealkylation sites (N-methyl/N-ethyl adjacent to an activating group) is 1. The summed E-state index contributed by atoms with van der Waals surface area (Å²) in [7, 11) is -1.34. The molecule has 0 bridgehead atoms. The number of hydrogen-bond acceptors (Lipinski definition) is 4. The van der Waals surface area contributed by atoms with E-state index in [1.165, 1.54) is 11.0 Å². The second-order valence-corrected chi connectivity index (χ2v) is 9.83. The van der Waals surface area contributed by atoms with Gasteiger partial charge in [0.25, 0.3) is 0 Å². The lowest BCUT2D eigenvalue weighted by molar-refractivity contribution is -0.126. The number of benzene rings is 1. The molecule has 25 heavy (non-hydrogen) atoms. The van der Waals surface area contributed by atoms with E-state index in [0.29, 0.717) is 11.4 Å². The molecule has 2 aromatic rings. The molecule has 1 fully saturated rings. The fourth-order valence-corrected chi connectivity index (χ4v) is 5.56. The van der Waals surface area contributed by atoms with E-state index in [1.807, 2.05) is 36.4 Å².